The lowest BCUT2D eigenvalue weighted by Gasteiger charge is -2.49. The molecule has 1 fully saturated rings. The molecule has 9 heteroatoms. The predicted molar refractivity (Wildman–Crippen MR) is 157 cm³/mol. The Hall–Kier alpha value is -3.60. The van der Waals surface area contributed by atoms with Crippen molar-refractivity contribution in [3.63, 3.8) is 0 Å². The van der Waals surface area contributed by atoms with Gasteiger partial charge in [-0.15, -0.1) is 0 Å². The fourth-order valence-corrected chi connectivity index (χ4v) is 5.42. The van der Waals surface area contributed by atoms with Crippen molar-refractivity contribution >= 4 is 11.9 Å². The number of carbonyl (C=O) groups excluding carboxylic acids is 2. The first kappa shape index (κ1) is 32.3. The average molecular weight is 593 g/mol. The Morgan fingerprint density at radius 3 is 1.56 bits per heavy atom. The highest BCUT2D eigenvalue weighted by Gasteiger charge is 2.62. The van der Waals surface area contributed by atoms with Crippen LogP contribution in [-0.2, 0) is 62.6 Å². The van der Waals surface area contributed by atoms with E-state index >= 15 is 0 Å². The Kier molecular flexibility index (Phi) is 11.8. The van der Waals surface area contributed by atoms with Gasteiger partial charge in [-0.05, 0) is 23.6 Å². The summed E-state index contributed by atoms with van der Waals surface area (Å²) in [6.45, 7) is 2.36. The molecule has 9 nitrogen and oxygen atoms in total. The van der Waals surface area contributed by atoms with E-state index < -0.39 is 47.9 Å². The van der Waals surface area contributed by atoms with Crippen molar-refractivity contribution in [2.24, 2.45) is 11.3 Å². The van der Waals surface area contributed by atoms with E-state index in [1.807, 2.05) is 91.0 Å². The SMILES string of the molecule is COC(=O)C(C)(C(=O)OC)[C@H]1[C@H](OC)O[C@H](COCc2ccccc2)[C@@H](OCc2ccccc2)[C@@H]1OCc1ccccc1. The van der Waals surface area contributed by atoms with Gasteiger partial charge in [0.2, 0.25) is 0 Å². The maximum Gasteiger partial charge on any atom is 0.323 e. The van der Waals surface area contributed by atoms with Gasteiger partial charge < -0.3 is 33.2 Å². The number of carbonyl (C=O) groups is 2. The molecule has 1 saturated heterocycles. The lowest BCUT2D eigenvalue weighted by Crippen LogP contribution is -2.65. The molecule has 43 heavy (non-hydrogen) atoms. The molecule has 0 spiro atoms. The van der Waals surface area contributed by atoms with Gasteiger partial charge in [0, 0.05) is 7.11 Å². The molecule has 230 valence electrons. The number of hydrogen-bond donors (Lipinski definition) is 0. The van der Waals surface area contributed by atoms with Gasteiger partial charge in [-0.3, -0.25) is 9.59 Å². The number of esters is 2. The molecule has 0 radical (unpaired) electrons. The van der Waals surface area contributed by atoms with Crippen molar-refractivity contribution in [2.45, 2.75) is 51.3 Å². The van der Waals surface area contributed by atoms with Crippen LogP contribution in [0.2, 0.25) is 0 Å². The predicted octanol–water partition coefficient (Wildman–Crippen LogP) is 4.71. The topological polar surface area (TPSA) is 98.8 Å². The van der Waals surface area contributed by atoms with E-state index in [0.29, 0.717) is 6.61 Å². The number of methoxy groups -OCH3 is 3. The summed E-state index contributed by atoms with van der Waals surface area (Å²) < 4.78 is 41.7. The van der Waals surface area contributed by atoms with E-state index in [4.69, 9.17) is 33.2 Å². The molecule has 4 rings (SSSR count). The minimum Gasteiger partial charge on any atom is -0.468 e. The summed E-state index contributed by atoms with van der Waals surface area (Å²) in [7, 11) is 3.89. The van der Waals surface area contributed by atoms with Crippen molar-refractivity contribution < 1.29 is 42.7 Å². The zero-order valence-electron chi connectivity index (χ0n) is 25.0. The summed E-state index contributed by atoms with van der Waals surface area (Å²) in [5.74, 6) is -2.61. The standard InChI is InChI=1S/C34H40O9/c1-34(32(35)38-3,33(36)39-4)28-30(42-22-26-18-12-7-13-19-26)29(41-21-25-16-10-6-11-17-25)27(43-31(28)37-2)23-40-20-24-14-8-5-9-15-24/h5-19,27-31H,20-23H2,1-4H3/t27-,28-,29-,30-,31-/m1/s1. The minimum atomic E-state index is -1.85. The first-order chi connectivity index (χ1) is 20.9. The second-order valence-electron chi connectivity index (χ2n) is 10.5. The molecule has 0 aromatic heterocycles. The lowest BCUT2D eigenvalue weighted by atomic mass is 9.70. The molecule has 1 aliphatic heterocycles. The van der Waals surface area contributed by atoms with Gasteiger partial charge in [-0.2, -0.15) is 0 Å². The summed E-state index contributed by atoms with van der Waals surface area (Å²) in [6, 6.07) is 29.1. The van der Waals surface area contributed by atoms with Crippen LogP contribution in [0.4, 0.5) is 0 Å². The van der Waals surface area contributed by atoms with Crippen LogP contribution in [0.15, 0.2) is 91.0 Å². The van der Waals surface area contributed by atoms with Crippen molar-refractivity contribution in [2.75, 3.05) is 27.9 Å². The Labute approximate surface area is 252 Å². The van der Waals surface area contributed by atoms with Crippen LogP contribution >= 0.6 is 0 Å². The van der Waals surface area contributed by atoms with E-state index in [1.165, 1.54) is 28.3 Å². The number of hydrogen-bond acceptors (Lipinski definition) is 9. The van der Waals surface area contributed by atoms with Gasteiger partial charge in [0.25, 0.3) is 0 Å². The molecule has 0 aliphatic carbocycles. The second kappa shape index (κ2) is 15.7. The molecule has 3 aromatic rings. The monoisotopic (exact) mass is 592 g/mol. The lowest BCUT2D eigenvalue weighted by molar-refractivity contribution is -0.314. The second-order valence-corrected chi connectivity index (χ2v) is 10.5. The fourth-order valence-electron chi connectivity index (χ4n) is 5.42. The fraction of sp³-hybridized carbons (Fsp3) is 0.412. The average Bonchev–Trinajstić information content (AvgIpc) is 3.06. The molecule has 3 aromatic carbocycles. The van der Waals surface area contributed by atoms with Gasteiger partial charge in [-0.1, -0.05) is 91.0 Å². The Morgan fingerprint density at radius 1 is 0.674 bits per heavy atom. The molecule has 5 atom stereocenters. The van der Waals surface area contributed by atoms with Crippen LogP contribution in [0.3, 0.4) is 0 Å². The van der Waals surface area contributed by atoms with E-state index in [-0.39, 0.29) is 19.8 Å². The Morgan fingerprint density at radius 2 is 1.12 bits per heavy atom. The largest absolute Gasteiger partial charge is 0.468 e. The van der Waals surface area contributed by atoms with E-state index in [2.05, 4.69) is 0 Å². The van der Waals surface area contributed by atoms with Crippen molar-refractivity contribution in [3.8, 4) is 0 Å². The Bertz CT molecular complexity index is 1250. The zero-order valence-corrected chi connectivity index (χ0v) is 25.0. The third kappa shape index (κ3) is 7.87. The molecule has 0 amide bonds. The first-order valence-corrected chi connectivity index (χ1v) is 14.2. The summed E-state index contributed by atoms with van der Waals surface area (Å²) >= 11 is 0. The maximum atomic E-state index is 13.4. The highest BCUT2D eigenvalue weighted by Crippen LogP contribution is 2.44. The molecular formula is C34H40O9. The molecule has 1 aliphatic rings. The van der Waals surface area contributed by atoms with Gasteiger partial charge in [-0.25, -0.2) is 0 Å². The van der Waals surface area contributed by atoms with Gasteiger partial charge in [0.05, 0.1) is 52.7 Å². The van der Waals surface area contributed by atoms with Crippen LogP contribution in [0.1, 0.15) is 23.6 Å². The first-order valence-electron chi connectivity index (χ1n) is 14.2. The van der Waals surface area contributed by atoms with Crippen molar-refractivity contribution in [1.82, 2.24) is 0 Å². The van der Waals surface area contributed by atoms with Gasteiger partial charge in [0.1, 0.15) is 12.2 Å². The van der Waals surface area contributed by atoms with Gasteiger partial charge in [0.15, 0.2) is 11.7 Å². The summed E-state index contributed by atoms with van der Waals surface area (Å²) in [5, 5.41) is 0. The minimum absolute atomic E-state index is 0.138. The van der Waals surface area contributed by atoms with Crippen LogP contribution < -0.4 is 0 Å². The molecule has 1 heterocycles. The highest BCUT2D eigenvalue weighted by molar-refractivity contribution is 6.00. The van der Waals surface area contributed by atoms with Crippen molar-refractivity contribution in [1.29, 1.82) is 0 Å². The quantitative estimate of drug-likeness (QED) is 0.195. The third-order valence-electron chi connectivity index (χ3n) is 7.73. The maximum absolute atomic E-state index is 13.4. The smallest absolute Gasteiger partial charge is 0.323 e. The number of benzene rings is 3. The summed E-state index contributed by atoms with van der Waals surface area (Å²) in [4.78, 5) is 26.7. The zero-order chi connectivity index (χ0) is 30.7. The van der Waals surface area contributed by atoms with E-state index in [0.717, 1.165) is 16.7 Å². The molecule has 0 saturated carbocycles. The van der Waals surface area contributed by atoms with Crippen LogP contribution in [0, 0.1) is 11.3 Å². The number of rotatable bonds is 14. The Balaban J connectivity index is 1.73. The molecule has 0 bridgehead atoms. The van der Waals surface area contributed by atoms with E-state index in [1.54, 1.807) is 0 Å². The summed E-state index contributed by atoms with van der Waals surface area (Å²) in [5.41, 5.74) is 0.984. The normalized spacial score (nSPS) is 22.1. The summed E-state index contributed by atoms with van der Waals surface area (Å²) in [6.07, 6.45) is -3.39. The van der Waals surface area contributed by atoms with Crippen molar-refractivity contribution in [3.05, 3.63) is 108 Å². The van der Waals surface area contributed by atoms with Crippen LogP contribution in [0.5, 0.6) is 0 Å². The van der Waals surface area contributed by atoms with Crippen LogP contribution in [-0.4, -0.2) is 64.5 Å². The molecule has 0 N–H and O–H groups in total. The number of ether oxygens (including phenoxy) is 7. The third-order valence-corrected chi connectivity index (χ3v) is 7.73. The van der Waals surface area contributed by atoms with Gasteiger partial charge >= 0.3 is 11.9 Å². The highest BCUT2D eigenvalue weighted by atomic mass is 16.7. The van der Waals surface area contributed by atoms with Crippen LogP contribution in [0.25, 0.3) is 0 Å². The molecular weight excluding hydrogens is 552 g/mol. The molecule has 0 unspecified atom stereocenters. The van der Waals surface area contributed by atoms with E-state index in [9.17, 15) is 9.59 Å².